The molecule has 0 bridgehead atoms. The third-order valence-electron chi connectivity index (χ3n) is 2.54. The number of aryl methyl sites for hydroxylation is 1. The number of aromatic nitrogens is 1. The minimum absolute atomic E-state index is 0.125. The molecule has 4 heteroatoms. The Hall–Kier alpha value is -0.650. The van der Waals surface area contributed by atoms with E-state index in [0.29, 0.717) is 0 Å². The van der Waals surface area contributed by atoms with Gasteiger partial charge in [0, 0.05) is 21.4 Å². The molecule has 1 N–H and O–H groups in total. The van der Waals surface area contributed by atoms with Crippen LogP contribution in [0, 0.1) is 3.57 Å². The number of fused-ring (bicyclic) bond motifs is 1. The predicted molar refractivity (Wildman–Crippen MR) is 60.3 cm³/mol. The number of hydrogen-bond donors (Lipinski definition) is 1. The van der Waals surface area contributed by atoms with Gasteiger partial charge in [0.25, 0.3) is 0 Å². The Bertz CT molecular complexity index is 378. The molecule has 0 fully saturated rings. The van der Waals surface area contributed by atoms with Crippen LogP contribution in [-0.4, -0.2) is 16.1 Å². The Labute approximate surface area is 95.7 Å². The van der Waals surface area contributed by atoms with Crippen LogP contribution in [-0.2, 0) is 11.2 Å². The first-order valence-electron chi connectivity index (χ1n) is 4.53. The van der Waals surface area contributed by atoms with Crippen LogP contribution in [0.4, 0.5) is 0 Å². The molecule has 0 unspecified atom stereocenters. The maximum atomic E-state index is 10.6. The van der Waals surface area contributed by atoms with Crippen LogP contribution in [0.1, 0.15) is 30.0 Å². The summed E-state index contributed by atoms with van der Waals surface area (Å²) in [6.07, 6.45) is 3.91. The average molecular weight is 303 g/mol. The summed E-state index contributed by atoms with van der Waals surface area (Å²) in [7, 11) is 0. The van der Waals surface area contributed by atoms with Gasteiger partial charge in [0.2, 0.25) is 0 Å². The Morgan fingerprint density at radius 1 is 1.71 bits per heavy atom. The predicted octanol–water partition coefficient (Wildman–Crippen LogP) is 2.19. The number of pyridine rings is 1. The lowest BCUT2D eigenvalue weighted by molar-refractivity contribution is -0.137. The number of rotatable bonds is 2. The second-order valence-electron chi connectivity index (χ2n) is 3.53. The standard InChI is InChI=1S/C10H10INO2/c11-8-3-6-1-2-7(4-9(13)14)10(6)12-5-8/h3,5,7H,1-2,4H2,(H,13,14)/t7-/m0/s1. The van der Waals surface area contributed by atoms with Gasteiger partial charge in [-0.2, -0.15) is 0 Å². The van der Waals surface area contributed by atoms with E-state index in [2.05, 4.69) is 33.6 Å². The zero-order chi connectivity index (χ0) is 10.1. The van der Waals surface area contributed by atoms with Gasteiger partial charge in [-0.15, -0.1) is 0 Å². The molecule has 0 saturated carbocycles. The van der Waals surface area contributed by atoms with E-state index >= 15 is 0 Å². The van der Waals surface area contributed by atoms with Crippen molar-refractivity contribution < 1.29 is 9.90 Å². The minimum Gasteiger partial charge on any atom is -0.481 e. The fourth-order valence-electron chi connectivity index (χ4n) is 1.94. The summed E-state index contributed by atoms with van der Waals surface area (Å²) in [5.41, 5.74) is 2.22. The van der Waals surface area contributed by atoms with Gasteiger partial charge >= 0.3 is 5.97 Å². The second-order valence-corrected chi connectivity index (χ2v) is 4.78. The number of carboxylic acid groups (broad SMARTS) is 1. The topological polar surface area (TPSA) is 50.2 Å². The highest BCUT2D eigenvalue weighted by atomic mass is 127. The zero-order valence-electron chi connectivity index (χ0n) is 7.53. The molecular formula is C10H10INO2. The molecule has 0 amide bonds. The van der Waals surface area contributed by atoms with Crippen molar-refractivity contribution in [1.82, 2.24) is 4.98 Å². The molecule has 74 valence electrons. The Morgan fingerprint density at radius 2 is 2.50 bits per heavy atom. The summed E-state index contributed by atoms with van der Waals surface area (Å²) in [4.78, 5) is 14.9. The molecule has 1 heterocycles. The molecular weight excluding hydrogens is 293 g/mol. The van der Waals surface area contributed by atoms with Gasteiger partial charge < -0.3 is 5.11 Å². The Balaban J connectivity index is 2.26. The maximum absolute atomic E-state index is 10.6. The summed E-state index contributed by atoms with van der Waals surface area (Å²) in [5.74, 6) is -0.609. The quantitative estimate of drug-likeness (QED) is 0.852. The molecule has 14 heavy (non-hydrogen) atoms. The van der Waals surface area contributed by atoms with Crippen LogP contribution in [0.3, 0.4) is 0 Å². The molecule has 0 spiro atoms. The van der Waals surface area contributed by atoms with Gasteiger partial charge in [0.15, 0.2) is 0 Å². The van der Waals surface area contributed by atoms with E-state index in [9.17, 15) is 4.79 Å². The van der Waals surface area contributed by atoms with Crippen molar-refractivity contribution in [3.8, 4) is 0 Å². The van der Waals surface area contributed by atoms with E-state index in [1.807, 2.05) is 0 Å². The van der Waals surface area contributed by atoms with E-state index in [1.165, 1.54) is 5.56 Å². The zero-order valence-corrected chi connectivity index (χ0v) is 9.69. The largest absolute Gasteiger partial charge is 0.481 e. The molecule has 0 saturated heterocycles. The van der Waals surface area contributed by atoms with Crippen LogP contribution in [0.15, 0.2) is 12.3 Å². The van der Waals surface area contributed by atoms with Crippen LogP contribution in [0.5, 0.6) is 0 Å². The number of carboxylic acids is 1. The summed E-state index contributed by atoms with van der Waals surface area (Å²) in [6.45, 7) is 0. The van der Waals surface area contributed by atoms with E-state index < -0.39 is 5.97 Å². The first-order valence-corrected chi connectivity index (χ1v) is 5.61. The van der Waals surface area contributed by atoms with E-state index in [1.54, 1.807) is 6.20 Å². The van der Waals surface area contributed by atoms with Crippen molar-refractivity contribution in [2.24, 2.45) is 0 Å². The molecule has 2 rings (SSSR count). The van der Waals surface area contributed by atoms with Crippen molar-refractivity contribution in [3.63, 3.8) is 0 Å². The number of nitrogens with zero attached hydrogens (tertiary/aromatic N) is 1. The second kappa shape index (κ2) is 3.84. The van der Waals surface area contributed by atoms with Crippen LogP contribution in [0.25, 0.3) is 0 Å². The van der Waals surface area contributed by atoms with Crippen molar-refractivity contribution in [1.29, 1.82) is 0 Å². The molecule has 1 atom stereocenters. The first kappa shape index (κ1) is 9.89. The van der Waals surface area contributed by atoms with Gasteiger partial charge in [0.05, 0.1) is 6.42 Å². The molecule has 0 aliphatic heterocycles. The highest BCUT2D eigenvalue weighted by molar-refractivity contribution is 14.1. The molecule has 1 aliphatic rings. The SMILES string of the molecule is O=C(O)C[C@@H]1CCc2cc(I)cnc21. The number of hydrogen-bond acceptors (Lipinski definition) is 2. The van der Waals surface area contributed by atoms with E-state index in [4.69, 9.17) is 5.11 Å². The molecule has 1 aliphatic carbocycles. The summed E-state index contributed by atoms with van der Waals surface area (Å²) in [6, 6.07) is 2.10. The maximum Gasteiger partial charge on any atom is 0.304 e. The molecule has 0 aromatic carbocycles. The van der Waals surface area contributed by atoms with E-state index in [-0.39, 0.29) is 12.3 Å². The van der Waals surface area contributed by atoms with Crippen molar-refractivity contribution in [2.75, 3.05) is 0 Å². The highest BCUT2D eigenvalue weighted by Gasteiger charge is 2.25. The normalized spacial score (nSPS) is 19.4. The van der Waals surface area contributed by atoms with Crippen molar-refractivity contribution >= 4 is 28.6 Å². The average Bonchev–Trinajstić information content (AvgIpc) is 2.47. The van der Waals surface area contributed by atoms with Crippen LogP contribution < -0.4 is 0 Å². The van der Waals surface area contributed by atoms with Gasteiger partial charge in [-0.25, -0.2) is 0 Å². The van der Waals surface area contributed by atoms with Crippen LogP contribution in [0.2, 0.25) is 0 Å². The highest BCUT2D eigenvalue weighted by Crippen LogP contribution is 2.34. The number of halogens is 1. The van der Waals surface area contributed by atoms with Gasteiger partial charge in [-0.05, 0) is 47.1 Å². The Morgan fingerprint density at radius 3 is 3.21 bits per heavy atom. The smallest absolute Gasteiger partial charge is 0.304 e. The molecule has 3 nitrogen and oxygen atoms in total. The third kappa shape index (κ3) is 1.89. The van der Waals surface area contributed by atoms with E-state index in [0.717, 1.165) is 22.1 Å². The number of aliphatic carboxylic acids is 1. The van der Waals surface area contributed by atoms with Crippen molar-refractivity contribution in [2.45, 2.75) is 25.2 Å². The van der Waals surface area contributed by atoms with Gasteiger partial charge in [-0.3, -0.25) is 9.78 Å². The lowest BCUT2D eigenvalue weighted by Gasteiger charge is -2.06. The Kier molecular flexibility index (Phi) is 2.71. The molecule has 1 aromatic heterocycles. The first-order chi connectivity index (χ1) is 6.66. The summed E-state index contributed by atoms with van der Waals surface area (Å²) in [5, 5.41) is 8.72. The lowest BCUT2D eigenvalue weighted by Crippen LogP contribution is -2.04. The fourth-order valence-corrected chi connectivity index (χ4v) is 2.45. The fraction of sp³-hybridized carbons (Fsp3) is 0.400. The van der Waals surface area contributed by atoms with Crippen molar-refractivity contribution in [3.05, 3.63) is 27.1 Å². The monoisotopic (exact) mass is 303 g/mol. The van der Waals surface area contributed by atoms with Crippen LogP contribution >= 0.6 is 22.6 Å². The molecule has 1 aromatic rings. The van der Waals surface area contributed by atoms with Gasteiger partial charge in [-0.1, -0.05) is 0 Å². The third-order valence-corrected chi connectivity index (χ3v) is 3.13. The lowest BCUT2D eigenvalue weighted by atomic mass is 10.0. The molecule has 0 radical (unpaired) electrons. The number of carbonyl (C=O) groups is 1. The summed E-state index contributed by atoms with van der Waals surface area (Å²) >= 11 is 2.23. The minimum atomic E-state index is -0.733. The van der Waals surface area contributed by atoms with Gasteiger partial charge in [0.1, 0.15) is 0 Å². The summed E-state index contributed by atoms with van der Waals surface area (Å²) < 4.78 is 1.12.